The maximum Gasteiger partial charge on any atom is 0.502 e. The second-order valence-electron chi connectivity index (χ2n) is 4.61. The Hall–Kier alpha value is -0.405. The molecular weight excluding hydrogens is 176 g/mol. The molecule has 0 nitrogen and oxygen atoms in total. The average molecular weight is 191 g/mol. The Morgan fingerprint density at radius 3 is 2.00 bits per heavy atom. The Bertz CT molecular complexity index is 203. The Labute approximate surface area is 77.3 Å². The summed E-state index contributed by atoms with van der Waals surface area (Å²) in [5.74, 6) is 0.537. The first kappa shape index (κ1) is 10.7. The molecule has 0 N–H and O–H groups in total. The lowest BCUT2D eigenvalue weighted by Gasteiger charge is -2.31. The van der Waals surface area contributed by atoms with E-state index in [-0.39, 0.29) is 5.41 Å². The van der Waals surface area contributed by atoms with Gasteiger partial charge in [-0.15, -0.1) is 11.5 Å². The zero-order valence-electron chi connectivity index (χ0n) is 8.12. The van der Waals surface area contributed by atoms with E-state index in [2.05, 4.69) is 13.8 Å². The monoisotopic (exact) mass is 191 g/mol. The van der Waals surface area contributed by atoms with E-state index in [9.17, 15) is 12.9 Å². The van der Waals surface area contributed by atoms with Crippen LogP contribution in [-0.2, 0) is 0 Å². The molecule has 0 aromatic rings. The van der Waals surface area contributed by atoms with Crippen LogP contribution in [0.2, 0.25) is 0 Å². The fraction of sp³-hybridized carbons (Fsp3) is 0.778. The quantitative estimate of drug-likeness (QED) is 0.551. The predicted octanol–water partition coefficient (Wildman–Crippen LogP) is 3.90. The molecule has 0 aromatic heterocycles. The van der Waals surface area contributed by atoms with Crippen molar-refractivity contribution in [2.24, 2.45) is 5.41 Å². The first-order chi connectivity index (χ1) is 5.79. The lowest BCUT2D eigenvalue weighted by Crippen LogP contribution is -2.19. The van der Waals surface area contributed by atoms with Gasteiger partial charge in [0.25, 0.3) is 0 Å². The minimum Gasteiger partial charge on any atom is -0.445 e. The van der Waals surface area contributed by atoms with Crippen molar-refractivity contribution in [2.45, 2.75) is 39.5 Å². The number of hydrogen-bond donors (Lipinski definition) is 0. The minimum atomic E-state index is -4.72. The van der Waals surface area contributed by atoms with Gasteiger partial charge in [-0.1, -0.05) is 13.8 Å². The summed E-state index contributed by atoms with van der Waals surface area (Å²) in [4.78, 5) is 0. The van der Waals surface area contributed by atoms with Crippen LogP contribution in [0.5, 0.6) is 0 Å². The van der Waals surface area contributed by atoms with Gasteiger partial charge in [-0.25, -0.2) is 0 Å². The van der Waals surface area contributed by atoms with Crippen molar-refractivity contribution in [2.75, 3.05) is 0 Å². The van der Waals surface area contributed by atoms with E-state index in [0.717, 1.165) is 12.8 Å². The average Bonchev–Trinajstić information content (AvgIpc) is 1.91. The van der Waals surface area contributed by atoms with Gasteiger partial charge < -0.3 is 12.9 Å². The highest BCUT2D eigenvalue weighted by molar-refractivity contribution is 6.64. The van der Waals surface area contributed by atoms with Gasteiger partial charge in [0.2, 0.25) is 0 Å². The molecule has 0 atom stereocenters. The van der Waals surface area contributed by atoms with E-state index in [1.54, 1.807) is 0 Å². The van der Waals surface area contributed by atoms with Crippen molar-refractivity contribution in [3.63, 3.8) is 0 Å². The van der Waals surface area contributed by atoms with Gasteiger partial charge in [0, 0.05) is 0 Å². The smallest absolute Gasteiger partial charge is 0.445 e. The standard InChI is InChI=1S/C9H15BF3/c1-9(2)5-3-8(4-6-9)7-10(11,12)13/h7H,3-6H2,1-2H3/q-1. The van der Waals surface area contributed by atoms with Crippen LogP contribution in [0.4, 0.5) is 12.9 Å². The van der Waals surface area contributed by atoms with E-state index in [4.69, 9.17) is 0 Å². The molecule has 0 unspecified atom stereocenters. The molecule has 1 aliphatic rings. The van der Waals surface area contributed by atoms with Gasteiger partial charge in [0.05, 0.1) is 0 Å². The van der Waals surface area contributed by atoms with Crippen molar-refractivity contribution in [1.82, 2.24) is 0 Å². The highest BCUT2D eigenvalue weighted by Crippen LogP contribution is 2.38. The van der Waals surface area contributed by atoms with Crippen LogP contribution in [0.15, 0.2) is 11.5 Å². The fourth-order valence-electron chi connectivity index (χ4n) is 1.68. The first-order valence-corrected chi connectivity index (χ1v) is 4.69. The molecule has 1 aliphatic carbocycles. The highest BCUT2D eigenvalue weighted by Gasteiger charge is 2.26. The predicted molar refractivity (Wildman–Crippen MR) is 49.4 cm³/mol. The molecule has 76 valence electrons. The van der Waals surface area contributed by atoms with E-state index in [0.29, 0.717) is 24.4 Å². The topological polar surface area (TPSA) is 0 Å². The van der Waals surface area contributed by atoms with Crippen LogP contribution in [0, 0.1) is 5.41 Å². The molecule has 0 aliphatic heterocycles. The Morgan fingerprint density at radius 2 is 1.62 bits per heavy atom. The van der Waals surface area contributed by atoms with Crippen molar-refractivity contribution in [3.8, 4) is 0 Å². The molecule has 0 spiro atoms. The lowest BCUT2D eigenvalue weighted by atomic mass is 9.73. The van der Waals surface area contributed by atoms with E-state index in [1.165, 1.54) is 0 Å². The fourth-order valence-corrected chi connectivity index (χ4v) is 1.68. The lowest BCUT2D eigenvalue weighted by molar-refractivity contribution is 0.278. The summed E-state index contributed by atoms with van der Waals surface area (Å²) >= 11 is 0. The van der Waals surface area contributed by atoms with E-state index < -0.39 is 6.98 Å². The summed E-state index contributed by atoms with van der Waals surface area (Å²) in [6.07, 6.45) is 3.00. The molecular formula is C9H15BF3-. The second-order valence-corrected chi connectivity index (χ2v) is 4.61. The highest BCUT2D eigenvalue weighted by atomic mass is 19.4. The first-order valence-electron chi connectivity index (χ1n) is 4.69. The summed E-state index contributed by atoms with van der Waals surface area (Å²) in [5, 5.41) is 0. The molecule has 4 heteroatoms. The van der Waals surface area contributed by atoms with E-state index >= 15 is 0 Å². The van der Waals surface area contributed by atoms with Crippen molar-refractivity contribution in [1.29, 1.82) is 0 Å². The molecule has 0 amide bonds. The normalized spacial score (nSPS) is 23.0. The molecule has 0 heterocycles. The van der Waals surface area contributed by atoms with Crippen LogP contribution in [0.1, 0.15) is 39.5 Å². The Morgan fingerprint density at radius 1 is 1.15 bits per heavy atom. The third-order valence-electron chi connectivity index (χ3n) is 2.67. The van der Waals surface area contributed by atoms with Gasteiger partial charge in [0.1, 0.15) is 0 Å². The summed E-state index contributed by atoms with van der Waals surface area (Å²) in [7, 11) is 0. The van der Waals surface area contributed by atoms with Crippen LogP contribution in [0.3, 0.4) is 0 Å². The van der Waals surface area contributed by atoms with Gasteiger partial charge in [-0.3, -0.25) is 0 Å². The van der Waals surface area contributed by atoms with Gasteiger partial charge in [0.15, 0.2) is 0 Å². The Balaban J connectivity index is 2.55. The van der Waals surface area contributed by atoms with Gasteiger partial charge in [-0.2, -0.15) is 0 Å². The second kappa shape index (κ2) is 3.39. The van der Waals surface area contributed by atoms with Crippen molar-refractivity contribution in [3.05, 3.63) is 11.5 Å². The Kier molecular flexibility index (Phi) is 2.78. The number of hydrogen-bond acceptors (Lipinski definition) is 0. The summed E-state index contributed by atoms with van der Waals surface area (Å²) in [6.45, 7) is -0.497. The molecule has 1 fully saturated rings. The maximum absolute atomic E-state index is 12.0. The molecule has 0 radical (unpaired) electrons. The zero-order valence-corrected chi connectivity index (χ0v) is 8.12. The summed E-state index contributed by atoms with van der Waals surface area (Å²) < 4.78 is 36.1. The van der Waals surface area contributed by atoms with Gasteiger partial charge in [-0.05, 0) is 31.1 Å². The largest absolute Gasteiger partial charge is 0.502 e. The molecule has 0 saturated heterocycles. The third-order valence-corrected chi connectivity index (χ3v) is 2.67. The van der Waals surface area contributed by atoms with Crippen LogP contribution >= 0.6 is 0 Å². The summed E-state index contributed by atoms with van der Waals surface area (Å²) in [6, 6.07) is 0. The SMILES string of the molecule is CC1(C)CCC(=C[B-](F)(F)F)CC1. The molecule has 1 rings (SSSR count). The van der Waals surface area contributed by atoms with Crippen molar-refractivity contribution >= 4 is 6.98 Å². The molecule has 13 heavy (non-hydrogen) atoms. The zero-order chi connectivity index (χ0) is 10.1. The van der Waals surface area contributed by atoms with Crippen molar-refractivity contribution < 1.29 is 12.9 Å². The number of rotatable bonds is 1. The van der Waals surface area contributed by atoms with Crippen LogP contribution < -0.4 is 0 Å². The maximum atomic E-state index is 12.0. The molecule has 1 saturated carbocycles. The van der Waals surface area contributed by atoms with Crippen LogP contribution in [0.25, 0.3) is 0 Å². The van der Waals surface area contributed by atoms with E-state index in [1.807, 2.05) is 0 Å². The van der Waals surface area contributed by atoms with Gasteiger partial charge >= 0.3 is 6.98 Å². The molecule has 0 bridgehead atoms. The summed E-state index contributed by atoms with van der Waals surface area (Å²) in [5.41, 5.74) is 0.822. The minimum absolute atomic E-state index is 0.232. The molecule has 0 aromatic carbocycles. The number of allylic oxidation sites excluding steroid dienone is 1. The van der Waals surface area contributed by atoms with Crippen LogP contribution in [-0.4, -0.2) is 6.98 Å². The third kappa shape index (κ3) is 3.88. The number of halogens is 3.